The second-order valence-electron chi connectivity index (χ2n) is 8.18. The molecule has 1 heterocycles. The van der Waals surface area contributed by atoms with Crippen LogP contribution in [0, 0.1) is 0 Å². The van der Waals surface area contributed by atoms with E-state index in [4.69, 9.17) is 4.74 Å². The number of nitrogens with zero attached hydrogens (tertiary/aromatic N) is 1. The molecule has 3 rings (SSSR count). The Labute approximate surface area is 191 Å². The highest BCUT2D eigenvalue weighted by atomic mass is 32.2. The molecule has 0 unspecified atom stereocenters. The van der Waals surface area contributed by atoms with Gasteiger partial charge in [-0.2, -0.15) is 11.8 Å². The molecule has 4 nitrogen and oxygen atoms in total. The highest BCUT2D eigenvalue weighted by molar-refractivity contribution is 7.99. The molecule has 1 fully saturated rings. The average molecular weight is 441 g/mol. The third-order valence-electron chi connectivity index (χ3n) is 5.50. The number of carbonyl (C=O) groups excluding carboxylic acids is 1. The molecule has 31 heavy (non-hydrogen) atoms. The zero-order valence-corrected chi connectivity index (χ0v) is 19.4. The van der Waals surface area contributed by atoms with Crippen LogP contribution in [0.5, 0.6) is 5.75 Å². The van der Waals surface area contributed by atoms with Crippen LogP contribution in [-0.2, 0) is 17.8 Å². The monoisotopic (exact) mass is 440 g/mol. The van der Waals surface area contributed by atoms with Crippen molar-refractivity contribution in [3.05, 3.63) is 65.7 Å². The Morgan fingerprint density at radius 2 is 1.77 bits per heavy atom. The largest absolute Gasteiger partial charge is 0.494 e. The summed E-state index contributed by atoms with van der Waals surface area (Å²) in [5, 5.41) is 3.00. The maximum Gasteiger partial charge on any atom is 0.229 e. The summed E-state index contributed by atoms with van der Waals surface area (Å²) in [6.45, 7) is 4.71. The van der Waals surface area contributed by atoms with Gasteiger partial charge in [0.15, 0.2) is 0 Å². The molecule has 0 radical (unpaired) electrons. The van der Waals surface area contributed by atoms with Crippen molar-refractivity contribution in [2.75, 3.05) is 37.7 Å². The van der Waals surface area contributed by atoms with Crippen molar-refractivity contribution in [3.63, 3.8) is 0 Å². The van der Waals surface area contributed by atoms with Crippen molar-refractivity contribution in [3.8, 4) is 5.75 Å². The molecule has 0 saturated carbocycles. The molecule has 2 aromatic rings. The van der Waals surface area contributed by atoms with Gasteiger partial charge in [-0.05, 0) is 74.2 Å². The predicted octanol–water partition coefficient (Wildman–Crippen LogP) is 4.92. The first-order valence-electron chi connectivity index (χ1n) is 11.6. The second kappa shape index (κ2) is 14.2. The van der Waals surface area contributed by atoms with Crippen LogP contribution in [0.1, 0.15) is 43.2 Å². The van der Waals surface area contributed by atoms with Crippen LogP contribution in [-0.4, -0.2) is 48.6 Å². The normalized spacial score (nSPS) is 14.3. The molecular formula is C26H36N2O2S. The van der Waals surface area contributed by atoms with Gasteiger partial charge in [0.05, 0.1) is 12.4 Å². The zero-order valence-electron chi connectivity index (χ0n) is 18.6. The highest BCUT2D eigenvalue weighted by Crippen LogP contribution is 2.17. The Kier molecular flexibility index (Phi) is 10.8. The Morgan fingerprint density at radius 1 is 0.968 bits per heavy atom. The molecule has 1 aliphatic heterocycles. The zero-order chi connectivity index (χ0) is 21.6. The van der Waals surface area contributed by atoms with Crippen molar-refractivity contribution in [1.82, 2.24) is 10.2 Å². The van der Waals surface area contributed by atoms with E-state index in [1.54, 1.807) is 11.8 Å². The van der Waals surface area contributed by atoms with Crippen molar-refractivity contribution in [2.24, 2.45) is 0 Å². The summed E-state index contributed by atoms with van der Waals surface area (Å²) in [5.41, 5.74) is 2.68. The maximum atomic E-state index is 12.0. The predicted molar refractivity (Wildman–Crippen MR) is 131 cm³/mol. The molecule has 0 bridgehead atoms. The number of benzene rings is 2. The minimum atomic E-state index is 0.119. The van der Waals surface area contributed by atoms with Crippen molar-refractivity contribution in [2.45, 2.75) is 45.1 Å². The summed E-state index contributed by atoms with van der Waals surface area (Å²) in [7, 11) is 0. The molecule has 1 aliphatic rings. The average Bonchev–Trinajstić information content (AvgIpc) is 2.80. The number of hydrogen-bond donors (Lipinski definition) is 1. The minimum absolute atomic E-state index is 0.119. The summed E-state index contributed by atoms with van der Waals surface area (Å²) in [6.07, 6.45) is 6.99. The lowest BCUT2D eigenvalue weighted by Crippen LogP contribution is -2.29. The van der Waals surface area contributed by atoms with Gasteiger partial charge < -0.3 is 10.1 Å². The number of rotatable bonds is 13. The smallest absolute Gasteiger partial charge is 0.229 e. The molecule has 5 heteroatoms. The summed E-state index contributed by atoms with van der Waals surface area (Å²) in [5.74, 6) is 2.59. The van der Waals surface area contributed by atoms with E-state index in [0.29, 0.717) is 18.9 Å². The van der Waals surface area contributed by atoms with E-state index in [1.165, 1.54) is 43.5 Å². The summed E-state index contributed by atoms with van der Waals surface area (Å²) in [4.78, 5) is 14.5. The van der Waals surface area contributed by atoms with E-state index in [2.05, 4.69) is 52.7 Å². The van der Waals surface area contributed by atoms with E-state index in [-0.39, 0.29) is 5.91 Å². The number of carbonyl (C=O) groups is 1. The van der Waals surface area contributed by atoms with Crippen LogP contribution in [0.3, 0.4) is 0 Å². The van der Waals surface area contributed by atoms with Gasteiger partial charge in [-0.3, -0.25) is 9.69 Å². The van der Waals surface area contributed by atoms with Crippen LogP contribution < -0.4 is 10.1 Å². The standard InChI is InChI=1S/C26H36N2O2S/c29-26(22-31-19-8-13-23-10-3-1-4-11-23)27-15-9-18-30-25-14-7-12-24(20-25)21-28-16-5-2-6-17-28/h1,3-4,7,10-12,14,20H,2,5-6,8-9,13,15-19,21-22H2,(H,27,29). The van der Waals surface area contributed by atoms with Gasteiger partial charge in [0.25, 0.3) is 0 Å². The molecule has 1 amide bonds. The number of hydrogen-bond acceptors (Lipinski definition) is 4. The fourth-order valence-corrected chi connectivity index (χ4v) is 4.62. The minimum Gasteiger partial charge on any atom is -0.494 e. The topological polar surface area (TPSA) is 41.6 Å². The Bertz CT molecular complexity index is 763. The first kappa shape index (κ1) is 23.7. The fourth-order valence-electron chi connectivity index (χ4n) is 3.84. The van der Waals surface area contributed by atoms with Gasteiger partial charge in [0.2, 0.25) is 5.91 Å². The van der Waals surface area contributed by atoms with Gasteiger partial charge >= 0.3 is 0 Å². The maximum absolute atomic E-state index is 12.0. The number of ether oxygens (including phenoxy) is 1. The molecule has 1 N–H and O–H groups in total. The quantitative estimate of drug-likeness (QED) is 0.449. The summed E-state index contributed by atoms with van der Waals surface area (Å²) >= 11 is 1.71. The van der Waals surface area contributed by atoms with Crippen molar-refractivity contribution >= 4 is 17.7 Å². The Hall–Kier alpha value is -1.98. The van der Waals surface area contributed by atoms with E-state index < -0.39 is 0 Å². The first-order valence-corrected chi connectivity index (χ1v) is 12.8. The SMILES string of the molecule is O=C(CSCCCc1ccccc1)NCCCOc1cccc(CN2CCCCC2)c1. The number of thioether (sulfide) groups is 1. The molecule has 168 valence electrons. The molecule has 2 aromatic carbocycles. The first-order chi connectivity index (χ1) is 15.3. The third kappa shape index (κ3) is 9.79. The summed E-state index contributed by atoms with van der Waals surface area (Å²) < 4.78 is 5.90. The lowest BCUT2D eigenvalue weighted by molar-refractivity contribution is -0.118. The van der Waals surface area contributed by atoms with Crippen LogP contribution in [0.4, 0.5) is 0 Å². The highest BCUT2D eigenvalue weighted by Gasteiger charge is 2.10. The lowest BCUT2D eigenvalue weighted by atomic mass is 10.1. The van der Waals surface area contributed by atoms with Crippen LogP contribution in [0.15, 0.2) is 54.6 Å². The number of piperidine rings is 1. The fraction of sp³-hybridized carbons (Fsp3) is 0.500. The van der Waals surface area contributed by atoms with Crippen LogP contribution in [0.25, 0.3) is 0 Å². The van der Waals surface area contributed by atoms with Gasteiger partial charge in [-0.15, -0.1) is 0 Å². The molecule has 0 spiro atoms. The van der Waals surface area contributed by atoms with Crippen LogP contribution >= 0.6 is 11.8 Å². The number of aryl methyl sites for hydroxylation is 1. The lowest BCUT2D eigenvalue weighted by Gasteiger charge is -2.26. The van der Waals surface area contributed by atoms with Gasteiger partial charge in [0.1, 0.15) is 5.75 Å². The van der Waals surface area contributed by atoms with E-state index in [9.17, 15) is 4.79 Å². The van der Waals surface area contributed by atoms with E-state index in [1.807, 2.05) is 12.1 Å². The molecule has 1 saturated heterocycles. The number of nitrogens with one attached hydrogen (secondary N) is 1. The second-order valence-corrected chi connectivity index (χ2v) is 9.28. The van der Waals surface area contributed by atoms with E-state index in [0.717, 1.165) is 37.3 Å². The van der Waals surface area contributed by atoms with E-state index >= 15 is 0 Å². The van der Waals surface area contributed by atoms with Gasteiger partial charge in [-0.1, -0.05) is 48.9 Å². The van der Waals surface area contributed by atoms with Crippen molar-refractivity contribution < 1.29 is 9.53 Å². The van der Waals surface area contributed by atoms with Gasteiger partial charge in [-0.25, -0.2) is 0 Å². The number of likely N-dealkylation sites (tertiary alicyclic amines) is 1. The molecular weight excluding hydrogens is 404 g/mol. The Morgan fingerprint density at radius 3 is 2.61 bits per heavy atom. The molecule has 0 atom stereocenters. The molecule has 0 aromatic heterocycles. The molecule has 0 aliphatic carbocycles. The van der Waals surface area contributed by atoms with Crippen molar-refractivity contribution in [1.29, 1.82) is 0 Å². The number of amides is 1. The Balaban J connectivity index is 1.20. The summed E-state index contributed by atoms with van der Waals surface area (Å²) in [6, 6.07) is 18.9. The van der Waals surface area contributed by atoms with Gasteiger partial charge in [0, 0.05) is 13.1 Å². The third-order valence-corrected chi connectivity index (χ3v) is 6.54. The van der Waals surface area contributed by atoms with Crippen LogP contribution in [0.2, 0.25) is 0 Å².